The molecule has 20 nitrogen and oxygen atoms in total. The van der Waals surface area contributed by atoms with E-state index in [-0.39, 0.29) is 45.2 Å². The van der Waals surface area contributed by atoms with E-state index in [1.165, 1.54) is 24.3 Å². The zero-order valence-electron chi connectivity index (χ0n) is 33.5. The SMILES string of the molecule is O=C(NCCCCc1cn(CCOCCOCCOCCOCCC(=O)Oc2c(F)c(F)c(F)c(F)c2F)nn1)Nc1ccc(O[C@H]2O[C@H](CCS(=O)(=O)O)[C@@H](O)[C@H](O)[C@@H]2O)cc1. The van der Waals surface area contributed by atoms with Crippen LogP contribution in [0.2, 0.25) is 0 Å². The first kappa shape index (κ1) is 51.0. The minimum absolute atomic E-state index is 0.0448. The highest BCUT2D eigenvalue weighted by Crippen LogP contribution is 2.30. The van der Waals surface area contributed by atoms with E-state index in [4.69, 9.17) is 33.0 Å². The fraction of sp³-hybridized carbons (Fsp3) is 0.568. The molecular weight excluding hydrogens is 881 g/mol. The summed E-state index contributed by atoms with van der Waals surface area (Å²) >= 11 is 0. The lowest BCUT2D eigenvalue weighted by molar-refractivity contribution is -0.272. The molecule has 0 saturated carbocycles. The molecule has 26 heteroatoms. The predicted molar refractivity (Wildman–Crippen MR) is 205 cm³/mol. The number of hydrogen-bond donors (Lipinski definition) is 6. The van der Waals surface area contributed by atoms with Crippen molar-refractivity contribution < 1.29 is 93.0 Å². The van der Waals surface area contributed by atoms with Gasteiger partial charge < -0.3 is 59.1 Å². The molecule has 0 unspecified atom stereocenters. The number of carbonyl (C=O) groups excluding carboxylic acids is 2. The molecule has 2 heterocycles. The number of benzene rings is 2. The van der Waals surface area contributed by atoms with Gasteiger partial charge in [0.15, 0.2) is 0 Å². The molecule has 2 amide bonds. The van der Waals surface area contributed by atoms with E-state index in [1.807, 2.05) is 0 Å². The summed E-state index contributed by atoms with van der Waals surface area (Å²) in [6.45, 7) is 2.23. The Bertz CT molecular complexity index is 1990. The van der Waals surface area contributed by atoms with Crippen molar-refractivity contribution in [2.45, 2.75) is 69.4 Å². The van der Waals surface area contributed by atoms with Crippen LogP contribution >= 0.6 is 0 Å². The van der Waals surface area contributed by atoms with E-state index >= 15 is 0 Å². The molecule has 0 radical (unpaired) electrons. The molecule has 63 heavy (non-hydrogen) atoms. The topological polar surface area (TPSA) is 269 Å². The molecule has 5 atom stereocenters. The molecule has 2 aromatic carbocycles. The third-order valence-corrected chi connectivity index (χ3v) is 9.59. The van der Waals surface area contributed by atoms with Crippen LogP contribution in [-0.4, -0.2) is 151 Å². The van der Waals surface area contributed by atoms with Crippen LogP contribution in [0.5, 0.6) is 11.5 Å². The number of nitrogens with one attached hydrogen (secondary N) is 2. The molecule has 352 valence electrons. The van der Waals surface area contributed by atoms with Crippen LogP contribution in [0.3, 0.4) is 0 Å². The Kier molecular flexibility index (Phi) is 20.7. The van der Waals surface area contributed by atoms with Crippen LogP contribution in [0.15, 0.2) is 30.5 Å². The number of aromatic nitrogens is 3. The summed E-state index contributed by atoms with van der Waals surface area (Å²) in [6.07, 6.45) is -4.73. The second kappa shape index (κ2) is 25.6. The zero-order chi connectivity index (χ0) is 45.9. The van der Waals surface area contributed by atoms with Crippen LogP contribution in [0.25, 0.3) is 0 Å². The van der Waals surface area contributed by atoms with Crippen molar-refractivity contribution in [3.8, 4) is 11.5 Å². The number of carbonyl (C=O) groups is 2. The molecule has 1 aliphatic heterocycles. The first-order chi connectivity index (χ1) is 30.0. The van der Waals surface area contributed by atoms with Crippen LogP contribution in [0, 0.1) is 29.1 Å². The fourth-order valence-corrected chi connectivity index (χ4v) is 6.08. The van der Waals surface area contributed by atoms with Crippen molar-refractivity contribution >= 4 is 27.8 Å². The Morgan fingerprint density at radius 3 is 1.98 bits per heavy atom. The van der Waals surface area contributed by atoms with Gasteiger partial charge in [0.1, 0.15) is 24.1 Å². The quantitative estimate of drug-likeness (QED) is 0.0121. The molecular formula is C37H48F5N5O15S. The zero-order valence-corrected chi connectivity index (χ0v) is 34.3. The highest BCUT2D eigenvalue weighted by atomic mass is 32.2. The van der Waals surface area contributed by atoms with Gasteiger partial charge >= 0.3 is 12.0 Å². The molecule has 1 saturated heterocycles. The average Bonchev–Trinajstić information content (AvgIpc) is 3.71. The number of esters is 1. The van der Waals surface area contributed by atoms with Crippen molar-refractivity contribution in [1.82, 2.24) is 20.3 Å². The molecule has 0 aliphatic carbocycles. The van der Waals surface area contributed by atoms with E-state index in [0.717, 1.165) is 12.1 Å². The molecule has 0 spiro atoms. The van der Waals surface area contributed by atoms with Gasteiger partial charge in [-0.25, -0.2) is 22.6 Å². The smallest absolute Gasteiger partial charge is 0.319 e. The van der Waals surface area contributed by atoms with Crippen molar-refractivity contribution in [3.05, 3.63) is 65.2 Å². The maximum atomic E-state index is 13.6. The number of aliphatic hydroxyl groups is 3. The number of halogens is 5. The molecule has 1 fully saturated rings. The summed E-state index contributed by atoms with van der Waals surface area (Å²) in [5.74, 6) is -14.8. The van der Waals surface area contributed by atoms with E-state index in [1.54, 1.807) is 10.9 Å². The minimum Gasteiger partial charge on any atom is -0.462 e. The summed E-state index contributed by atoms with van der Waals surface area (Å²) in [4.78, 5) is 24.1. The second-order valence-corrected chi connectivity index (χ2v) is 15.2. The average molecular weight is 930 g/mol. The molecule has 3 aromatic rings. The van der Waals surface area contributed by atoms with Crippen LogP contribution in [0.1, 0.15) is 31.4 Å². The molecule has 0 bridgehead atoms. The van der Waals surface area contributed by atoms with Crippen LogP contribution in [-0.2, 0) is 51.6 Å². The largest absolute Gasteiger partial charge is 0.462 e. The lowest BCUT2D eigenvalue weighted by Crippen LogP contribution is -2.59. The standard InChI is InChI=1S/C37H48F5N5O15S/c38-27-28(39)30(41)35(31(42)29(27)40)62-26(48)8-12-56-14-16-58-18-19-59-17-15-57-13-11-47-21-23(45-46-47)3-1-2-10-43-37(52)44-22-4-6-24(7-5-22)60-36-34(51)33(50)32(49)25(61-36)9-20-63(53,54)55/h4-7,21,25,32-34,36,49-51H,1-3,8-20H2,(H2,43,44,52)(H,53,54,55)/t25-,32-,33+,34+,36+/m1/s1. The summed E-state index contributed by atoms with van der Waals surface area (Å²) in [7, 11) is -4.36. The highest BCUT2D eigenvalue weighted by molar-refractivity contribution is 7.85. The normalized spacial score (nSPS) is 18.9. The van der Waals surface area contributed by atoms with Gasteiger partial charge in [-0.1, -0.05) is 5.21 Å². The monoisotopic (exact) mass is 929 g/mol. The van der Waals surface area contributed by atoms with Gasteiger partial charge in [-0.2, -0.15) is 17.2 Å². The van der Waals surface area contributed by atoms with Gasteiger partial charge in [0.2, 0.25) is 41.1 Å². The number of aryl methyl sites for hydroxylation is 1. The Balaban J connectivity index is 0.956. The molecule has 1 aliphatic rings. The first-order valence-electron chi connectivity index (χ1n) is 19.4. The summed E-state index contributed by atoms with van der Waals surface area (Å²) in [6, 6.07) is 5.51. The van der Waals surface area contributed by atoms with Gasteiger partial charge in [0.25, 0.3) is 10.1 Å². The number of unbranched alkanes of at least 4 members (excludes halogenated alkanes) is 1. The Hall–Kier alpha value is -4.64. The lowest BCUT2D eigenvalue weighted by Gasteiger charge is -2.40. The second-order valence-electron chi connectivity index (χ2n) is 13.6. The molecule has 6 N–H and O–H groups in total. The molecule has 1 aromatic heterocycles. The number of anilines is 1. The van der Waals surface area contributed by atoms with Crippen molar-refractivity contribution in [2.24, 2.45) is 0 Å². The van der Waals surface area contributed by atoms with E-state index < -0.39 is 99.8 Å². The first-order valence-corrected chi connectivity index (χ1v) is 21.0. The van der Waals surface area contributed by atoms with Gasteiger partial charge in [0, 0.05) is 18.4 Å². The van der Waals surface area contributed by atoms with Crippen molar-refractivity contribution in [3.63, 3.8) is 0 Å². The highest BCUT2D eigenvalue weighted by Gasteiger charge is 2.45. The molecule has 4 rings (SSSR count). The van der Waals surface area contributed by atoms with Crippen LogP contribution < -0.4 is 20.1 Å². The van der Waals surface area contributed by atoms with Gasteiger partial charge in [-0.3, -0.25) is 9.35 Å². The third-order valence-electron chi connectivity index (χ3n) is 8.84. The summed E-state index contributed by atoms with van der Waals surface area (Å²) in [5.41, 5.74) is 1.19. The number of hydrogen-bond acceptors (Lipinski definition) is 16. The van der Waals surface area contributed by atoms with Crippen molar-refractivity contribution in [2.75, 3.05) is 70.5 Å². The van der Waals surface area contributed by atoms with E-state index in [2.05, 4.69) is 25.7 Å². The maximum absolute atomic E-state index is 13.6. The van der Waals surface area contributed by atoms with Gasteiger partial charge in [0.05, 0.1) is 83.4 Å². The summed E-state index contributed by atoms with van der Waals surface area (Å²) in [5, 5.41) is 44.2. The summed E-state index contributed by atoms with van der Waals surface area (Å²) < 4.78 is 136. The van der Waals surface area contributed by atoms with Crippen LogP contribution in [0.4, 0.5) is 32.4 Å². The number of nitrogens with zero attached hydrogens (tertiary/aromatic N) is 3. The van der Waals surface area contributed by atoms with E-state index in [0.29, 0.717) is 51.4 Å². The number of aliphatic hydroxyl groups excluding tert-OH is 3. The van der Waals surface area contributed by atoms with Gasteiger partial charge in [-0.15, -0.1) is 5.10 Å². The number of rotatable bonds is 27. The fourth-order valence-electron chi connectivity index (χ4n) is 5.55. The predicted octanol–water partition coefficient (Wildman–Crippen LogP) is 1.64. The maximum Gasteiger partial charge on any atom is 0.319 e. The van der Waals surface area contributed by atoms with Gasteiger partial charge in [-0.05, 0) is 49.9 Å². The Morgan fingerprint density at radius 1 is 0.778 bits per heavy atom. The third kappa shape index (κ3) is 17.1. The van der Waals surface area contributed by atoms with Crippen molar-refractivity contribution in [1.29, 1.82) is 0 Å². The Labute approximate surface area is 357 Å². The van der Waals surface area contributed by atoms with E-state index in [9.17, 15) is 55.3 Å². The Morgan fingerprint density at radius 2 is 1.37 bits per heavy atom. The minimum atomic E-state index is -4.36. The number of ether oxygens (including phenoxy) is 7. The number of amides is 2. The lowest BCUT2D eigenvalue weighted by atomic mass is 9.97. The number of urea groups is 1.